The molecule has 72 valence electrons. The first kappa shape index (κ1) is 12.0. The van der Waals surface area contributed by atoms with Gasteiger partial charge in [0.1, 0.15) is 5.88 Å². The molecule has 0 saturated heterocycles. The van der Waals surface area contributed by atoms with Crippen LogP contribution in [-0.2, 0) is 9.53 Å². The van der Waals surface area contributed by atoms with E-state index in [1.807, 2.05) is 6.92 Å². The highest BCUT2D eigenvalue weighted by Crippen LogP contribution is 2.08. The van der Waals surface area contributed by atoms with Crippen molar-refractivity contribution in [3.63, 3.8) is 0 Å². The summed E-state index contributed by atoms with van der Waals surface area (Å²) in [7, 11) is 0. The molecular weight excluding hydrogens is 199 g/mol. The lowest BCUT2D eigenvalue weighted by atomic mass is 10.2. The number of halogens is 2. The van der Waals surface area contributed by atoms with Crippen LogP contribution >= 0.6 is 23.2 Å². The van der Waals surface area contributed by atoms with Crippen LogP contribution in [0.15, 0.2) is 0 Å². The first-order valence-corrected chi connectivity index (χ1v) is 5.03. The molecule has 0 saturated carbocycles. The normalized spacial score (nSPS) is 12.6. The second kappa shape index (κ2) is 7.69. The Morgan fingerprint density at radius 1 is 1.58 bits per heavy atom. The van der Waals surface area contributed by atoms with Crippen LogP contribution in [0.4, 0.5) is 0 Å². The number of rotatable bonds is 6. The Labute approximate surface area is 83.2 Å². The fraction of sp³-hybridized carbons (Fsp3) is 0.875. The Bertz CT molecular complexity index is 128. The zero-order valence-electron chi connectivity index (χ0n) is 7.19. The molecule has 0 bridgehead atoms. The number of carbonyl (C=O) groups excluding carboxylic acids is 1. The molecule has 0 fully saturated rings. The summed E-state index contributed by atoms with van der Waals surface area (Å²) in [5.74, 6) is -0.433. The van der Waals surface area contributed by atoms with Gasteiger partial charge in [0.05, 0.1) is 6.61 Å². The lowest BCUT2D eigenvalue weighted by Gasteiger charge is -2.05. The number of carbonyl (C=O) groups is 1. The Kier molecular flexibility index (Phi) is 7.72. The van der Waals surface area contributed by atoms with Crippen molar-refractivity contribution in [1.29, 1.82) is 0 Å². The average Bonchev–Trinajstić information content (AvgIpc) is 2.11. The minimum absolute atomic E-state index is 0.0713. The van der Waals surface area contributed by atoms with Crippen molar-refractivity contribution in [2.75, 3.05) is 12.5 Å². The zero-order chi connectivity index (χ0) is 9.40. The molecule has 1 atom stereocenters. The molecule has 0 rings (SSSR count). The highest BCUT2D eigenvalue weighted by atomic mass is 35.5. The highest BCUT2D eigenvalue weighted by Gasteiger charge is 2.02. The third-order valence-electron chi connectivity index (χ3n) is 1.48. The lowest BCUT2D eigenvalue weighted by molar-refractivity contribution is -0.140. The molecule has 0 amide bonds. The van der Waals surface area contributed by atoms with Gasteiger partial charge in [-0.2, -0.15) is 0 Å². The monoisotopic (exact) mass is 212 g/mol. The summed E-state index contributed by atoms with van der Waals surface area (Å²) in [5, 5.41) is 0.194. The van der Waals surface area contributed by atoms with Crippen molar-refractivity contribution in [1.82, 2.24) is 0 Å². The molecule has 0 aromatic carbocycles. The summed E-state index contributed by atoms with van der Waals surface area (Å²) in [6.07, 6.45) is 2.64. The van der Waals surface area contributed by atoms with Gasteiger partial charge in [-0.15, -0.1) is 23.2 Å². The predicted molar refractivity (Wildman–Crippen MR) is 50.8 cm³/mol. The van der Waals surface area contributed by atoms with Crippen LogP contribution < -0.4 is 0 Å². The second-order valence-electron chi connectivity index (χ2n) is 2.50. The lowest BCUT2D eigenvalue weighted by Crippen LogP contribution is -2.08. The maximum absolute atomic E-state index is 10.5. The topological polar surface area (TPSA) is 26.3 Å². The minimum Gasteiger partial charge on any atom is -0.465 e. The van der Waals surface area contributed by atoms with E-state index >= 15 is 0 Å². The number of esters is 1. The van der Waals surface area contributed by atoms with Crippen LogP contribution in [0, 0.1) is 0 Å². The van der Waals surface area contributed by atoms with Gasteiger partial charge >= 0.3 is 5.97 Å². The van der Waals surface area contributed by atoms with E-state index < -0.39 is 0 Å². The summed E-state index contributed by atoms with van der Waals surface area (Å²) < 4.78 is 4.76. The molecule has 4 heteroatoms. The smallest absolute Gasteiger partial charge is 0.320 e. The fourth-order valence-corrected chi connectivity index (χ4v) is 0.965. The number of ether oxygens (including phenoxy) is 1. The van der Waals surface area contributed by atoms with Gasteiger partial charge in [0.2, 0.25) is 0 Å². The van der Waals surface area contributed by atoms with Crippen LogP contribution in [0.3, 0.4) is 0 Å². The van der Waals surface area contributed by atoms with E-state index in [9.17, 15) is 4.79 Å². The summed E-state index contributed by atoms with van der Waals surface area (Å²) >= 11 is 11.1. The van der Waals surface area contributed by atoms with Crippen molar-refractivity contribution >= 4 is 29.2 Å². The van der Waals surface area contributed by atoms with Gasteiger partial charge in [0, 0.05) is 5.38 Å². The van der Waals surface area contributed by atoms with Crippen LogP contribution in [0.25, 0.3) is 0 Å². The molecule has 0 spiro atoms. The molecule has 0 heterocycles. The zero-order valence-corrected chi connectivity index (χ0v) is 8.70. The van der Waals surface area contributed by atoms with Gasteiger partial charge < -0.3 is 4.74 Å². The maximum atomic E-state index is 10.5. The van der Waals surface area contributed by atoms with E-state index in [0.29, 0.717) is 6.61 Å². The predicted octanol–water partition coefficient (Wildman–Crippen LogP) is 2.57. The summed E-state index contributed by atoms with van der Waals surface area (Å²) in [4.78, 5) is 10.5. The molecule has 0 radical (unpaired) electrons. The molecule has 0 aliphatic rings. The van der Waals surface area contributed by atoms with Gasteiger partial charge in [-0.05, 0) is 19.3 Å². The van der Waals surface area contributed by atoms with Crippen LogP contribution in [-0.4, -0.2) is 23.8 Å². The Balaban J connectivity index is 3.15. The van der Waals surface area contributed by atoms with E-state index in [4.69, 9.17) is 27.9 Å². The summed E-state index contributed by atoms with van der Waals surface area (Å²) in [6, 6.07) is 0. The largest absolute Gasteiger partial charge is 0.465 e. The van der Waals surface area contributed by atoms with Crippen LogP contribution in [0.2, 0.25) is 0 Å². The van der Waals surface area contributed by atoms with Gasteiger partial charge in [-0.1, -0.05) is 6.92 Å². The SMILES string of the molecule is CCC(Cl)CCCOC(=O)CCl. The molecule has 1 unspecified atom stereocenters. The number of alkyl halides is 2. The minimum atomic E-state index is -0.362. The fourth-order valence-electron chi connectivity index (χ4n) is 0.734. The Morgan fingerprint density at radius 2 is 2.25 bits per heavy atom. The van der Waals surface area contributed by atoms with Crippen molar-refractivity contribution in [2.45, 2.75) is 31.6 Å². The summed E-state index contributed by atoms with van der Waals surface area (Å²) in [6.45, 7) is 2.46. The van der Waals surface area contributed by atoms with Gasteiger partial charge in [0.15, 0.2) is 0 Å². The van der Waals surface area contributed by atoms with E-state index in [2.05, 4.69) is 0 Å². The third kappa shape index (κ3) is 6.74. The van der Waals surface area contributed by atoms with Gasteiger partial charge in [-0.25, -0.2) is 0 Å². The van der Waals surface area contributed by atoms with E-state index in [1.54, 1.807) is 0 Å². The molecule has 0 aromatic rings. The van der Waals surface area contributed by atoms with E-state index in [1.165, 1.54) is 0 Å². The summed E-state index contributed by atoms with van der Waals surface area (Å²) in [5.41, 5.74) is 0. The maximum Gasteiger partial charge on any atom is 0.320 e. The van der Waals surface area contributed by atoms with Crippen molar-refractivity contribution in [2.24, 2.45) is 0 Å². The standard InChI is InChI=1S/C8H14Cl2O2/c1-2-7(10)4-3-5-12-8(11)6-9/h7H,2-6H2,1H3. The average molecular weight is 213 g/mol. The van der Waals surface area contributed by atoms with Crippen LogP contribution in [0.5, 0.6) is 0 Å². The first-order chi connectivity index (χ1) is 5.70. The molecular formula is C8H14Cl2O2. The molecule has 0 aliphatic heterocycles. The molecule has 12 heavy (non-hydrogen) atoms. The van der Waals surface area contributed by atoms with Crippen LogP contribution in [0.1, 0.15) is 26.2 Å². The molecule has 0 N–H and O–H groups in total. The van der Waals surface area contributed by atoms with E-state index in [-0.39, 0.29) is 17.2 Å². The van der Waals surface area contributed by atoms with Gasteiger partial charge in [-0.3, -0.25) is 4.79 Å². The van der Waals surface area contributed by atoms with Crippen molar-refractivity contribution in [3.05, 3.63) is 0 Å². The molecule has 2 nitrogen and oxygen atoms in total. The molecule has 0 aromatic heterocycles. The Morgan fingerprint density at radius 3 is 2.75 bits per heavy atom. The van der Waals surface area contributed by atoms with Crippen molar-refractivity contribution in [3.8, 4) is 0 Å². The molecule has 0 aliphatic carbocycles. The van der Waals surface area contributed by atoms with E-state index in [0.717, 1.165) is 19.3 Å². The Hall–Kier alpha value is 0.0500. The van der Waals surface area contributed by atoms with Crippen molar-refractivity contribution < 1.29 is 9.53 Å². The van der Waals surface area contributed by atoms with Gasteiger partial charge in [0.25, 0.3) is 0 Å². The second-order valence-corrected chi connectivity index (χ2v) is 3.39. The highest BCUT2D eigenvalue weighted by molar-refractivity contribution is 6.26. The third-order valence-corrected chi connectivity index (χ3v) is 2.22. The number of hydrogen-bond acceptors (Lipinski definition) is 2. The quantitative estimate of drug-likeness (QED) is 0.385. The first-order valence-electron chi connectivity index (χ1n) is 4.06. The number of hydrogen-bond donors (Lipinski definition) is 0.